The van der Waals surface area contributed by atoms with Crippen molar-refractivity contribution in [2.75, 3.05) is 0 Å². The predicted octanol–water partition coefficient (Wildman–Crippen LogP) is -1.60. The zero-order valence-corrected chi connectivity index (χ0v) is 19.8. The highest BCUT2D eigenvalue weighted by Crippen LogP contribution is 2.09. The molecule has 0 saturated heterocycles. The molecule has 0 saturated carbocycles. The molecule has 0 aliphatic carbocycles. The Hall–Kier alpha value is -3.48. The summed E-state index contributed by atoms with van der Waals surface area (Å²) in [6.07, 6.45) is 2.79. The Bertz CT molecular complexity index is 856. The number of hydrogen-bond donors (Lipinski definition) is 7. The number of carbonyl (C=O) groups excluding carboxylic acids is 4. The second-order valence-electron chi connectivity index (χ2n) is 8.88. The number of amides is 4. The molecule has 0 spiro atoms. The average molecular weight is 482 g/mol. The summed E-state index contributed by atoms with van der Waals surface area (Å²) in [6, 6.07) is -4.56. The molecule has 4 amide bonds. The van der Waals surface area contributed by atoms with Gasteiger partial charge >= 0.3 is 5.97 Å². The third kappa shape index (κ3) is 9.57. The lowest BCUT2D eigenvalue weighted by Gasteiger charge is -2.27. The first kappa shape index (κ1) is 28.6. The van der Waals surface area contributed by atoms with Crippen molar-refractivity contribution in [3.05, 3.63) is 18.2 Å². The Morgan fingerprint density at radius 3 is 2.09 bits per heavy atom. The normalized spacial score (nSPS) is 14.7. The van der Waals surface area contributed by atoms with Gasteiger partial charge in [0, 0.05) is 18.3 Å². The molecular weight excluding hydrogens is 446 g/mol. The molecule has 1 aromatic rings. The maximum atomic E-state index is 13.0. The molecule has 4 atom stereocenters. The van der Waals surface area contributed by atoms with E-state index in [2.05, 4.69) is 25.9 Å². The largest absolute Gasteiger partial charge is 0.480 e. The molecule has 9 N–H and O–H groups in total. The Balaban J connectivity index is 2.91. The van der Waals surface area contributed by atoms with Crippen LogP contribution >= 0.6 is 0 Å². The zero-order valence-electron chi connectivity index (χ0n) is 19.8. The molecule has 1 heterocycles. The van der Waals surface area contributed by atoms with Crippen LogP contribution in [0.4, 0.5) is 0 Å². The molecule has 0 fully saturated rings. The van der Waals surface area contributed by atoms with Crippen molar-refractivity contribution in [1.82, 2.24) is 25.9 Å². The van der Waals surface area contributed by atoms with Gasteiger partial charge in [-0.25, -0.2) is 9.78 Å². The fourth-order valence-electron chi connectivity index (χ4n) is 3.16. The number of imidazole rings is 1. The van der Waals surface area contributed by atoms with Crippen LogP contribution in [0, 0.1) is 11.8 Å². The van der Waals surface area contributed by atoms with Crippen molar-refractivity contribution >= 4 is 29.6 Å². The molecule has 0 bridgehead atoms. The minimum Gasteiger partial charge on any atom is -0.480 e. The van der Waals surface area contributed by atoms with Gasteiger partial charge in [0.1, 0.15) is 18.1 Å². The highest BCUT2D eigenvalue weighted by Gasteiger charge is 2.32. The number of nitrogens with zero attached hydrogens (tertiary/aromatic N) is 1. The monoisotopic (exact) mass is 481 g/mol. The molecule has 1 rings (SSSR count). The maximum absolute atomic E-state index is 13.0. The van der Waals surface area contributed by atoms with Crippen LogP contribution in [0.2, 0.25) is 0 Å². The topological polar surface area (TPSA) is 222 Å². The molecule has 0 aromatic carbocycles. The number of primary amides is 1. The summed E-state index contributed by atoms with van der Waals surface area (Å²) < 4.78 is 0. The first-order valence-electron chi connectivity index (χ1n) is 11.0. The smallest absolute Gasteiger partial charge is 0.326 e. The molecule has 34 heavy (non-hydrogen) atoms. The third-order valence-corrected chi connectivity index (χ3v) is 4.94. The highest BCUT2D eigenvalue weighted by atomic mass is 16.4. The van der Waals surface area contributed by atoms with Crippen LogP contribution in [-0.2, 0) is 30.4 Å². The summed E-state index contributed by atoms with van der Waals surface area (Å²) in [5.41, 5.74) is 11.7. The van der Waals surface area contributed by atoms with Gasteiger partial charge in [-0.05, 0) is 18.3 Å². The lowest BCUT2D eigenvalue weighted by molar-refractivity contribution is -0.144. The number of carboxylic acids is 1. The quantitative estimate of drug-likeness (QED) is 0.163. The van der Waals surface area contributed by atoms with Crippen molar-refractivity contribution in [3.63, 3.8) is 0 Å². The summed E-state index contributed by atoms with van der Waals surface area (Å²) in [5.74, 6) is -4.66. The van der Waals surface area contributed by atoms with Crippen molar-refractivity contribution in [3.8, 4) is 0 Å². The maximum Gasteiger partial charge on any atom is 0.326 e. The molecule has 0 aliphatic heterocycles. The van der Waals surface area contributed by atoms with Gasteiger partial charge < -0.3 is 37.5 Å². The van der Waals surface area contributed by atoms with Crippen molar-refractivity contribution in [2.24, 2.45) is 23.3 Å². The first-order chi connectivity index (χ1) is 15.8. The van der Waals surface area contributed by atoms with Gasteiger partial charge in [-0.2, -0.15) is 0 Å². The van der Waals surface area contributed by atoms with Crippen molar-refractivity contribution in [1.29, 1.82) is 0 Å². The van der Waals surface area contributed by atoms with Crippen LogP contribution < -0.4 is 27.4 Å². The summed E-state index contributed by atoms with van der Waals surface area (Å²) in [4.78, 5) is 67.5. The summed E-state index contributed by atoms with van der Waals surface area (Å²) in [7, 11) is 0. The SMILES string of the molecule is CC(C)CC(NC(=O)C(NC(=O)C(N)Cc1cnc[nH]1)C(C)C)C(=O)NC(CC(N)=O)C(=O)O. The van der Waals surface area contributed by atoms with E-state index in [0.717, 1.165) is 0 Å². The number of aromatic nitrogens is 2. The molecular formula is C21H35N7O6. The number of rotatable bonds is 14. The number of carboxylic acid groups (broad SMARTS) is 1. The van der Waals surface area contributed by atoms with Gasteiger partial charge in [-0.3, -0.25) is 19.2 Å². The van der Waals surface area contributed by atoms with Crippen LogP contribution in [0.3, 0.4) is 0 Å². The third-order valence-electron chi connectivity index (χ3n) is 4.94. The van der Waals surface area contributed by atoms with E-state index in [1.54, 1.807) is 13.8 Å². The zero-order chi connectivity index (χ0) is 26.0. The number of nitrogens with two attached hydrogens (primary N) is 2. The Morgan fingerprint density at radius 2 is 1.62 bits per heavy atom. The minimum atomic E-state index is -1.53. The lowest BCUT2D eigenvalue weighted by Crippen LogP contribution is -2.59. The number of nitrogens with one attached hydrogen (secondary N) is 4. The van der Waals surface area contributed by atoms with E-state index in [0.29, 0.717) is 5.69 Å². The van der Waals surface area contributed by atoms with E-state index in [1.165, 1.54) is 12.5 Å². The standard InChI is InChI=1S/C21H35N7O6/c1-10(2)5-14(19(31)27-15(21(33)34)7-16(23)29)26-20(32)17(11(3)4)28-18(30)13(22)6-12-8-24-9-25-12/h8-11,13-15,17H,5-7,22H2,1-4H3,(H2,23,29)(H,24,25)(H,26,32)(H,27,31)(H,28,30)(H,33,34). The van der Waals surface area contributed by atoms with E-state index in [9.17, 15) is 29.1 Å². The Kier molecular flexibility index (Phi) is 11.2. The van der Waals surface area contributed by atoms with Gasteiger partial charge in [-0.15, -0.1) is 0 Å². The Labute approximate surface area is 197 Å². The van der Waals surface area contributed by atoms with E-state index in [-0.39, 0.29) is 24.7 Å². The van der Waals surface area contributed by atoms with E-state index in [1.807, 2.05) is 13.8 Å². The van der Waals surface area contributed by atoms with Gasteiger partial charge in [-0.1, -0.05) is 27.7 Å². The fourth-order valence-corrected chi connectivity index (χ4v) is 3.16. The van der Waals surface area contributed by atoms with Crippen LogP contribution in [0.15, 0.2) is 12.5 Å². The van der Waals surface area contributed by atoms with Crippen LogP contribution in [0.25, 0.3) is 0 Å². The second-order valence-corrected chi connectivity index (χ2v) is 8.88. The van der Waals surface area contributed by atoms with Crippen LogP contribution in [-0.4, -0.2) is 68.8 Å². The van der Waals surface area contributed by atoms with Gasteiger partial charge in [0.15, 0.2) is 0 Å². The second kappa shape index (κ2) is 13.3. The van der Waals surface area contributed by atoms with E-state index in [4.69, 9.17) is 11.5 Å². The van der Waals surface area contributed by atoms with Crippen LogP contribution in [0.1, 0.15) is 46.2 Å². The fraction of sp³-hybridized carbons (Fsp3) is 0.619. The van der Waals surface area contributed by atoms with E-state index >= 15 is 0 Å². The van der Waals surface area contributed by atoms with Crippen LogP contribution in [0.5, 0.6) is 0 Å². The first-order valence-corrected chi connectivity index (χ1v) is 11.0. The molecule has 4 unspecified atom stereocenters. The van der Waals surface area contributed by atoms with Crippen molar-refractivity contribution in [2.45, 2.75) is 71.1 Å². The number of carbonyl (C=O) groups is 5. The lowest BCUT2D eigenvalue weighted by atomic mass is 9.99. The molecule has 13 heteroatoms. The summed E-state index contributed by atoms with van der Waals surface area (Å²) in [5, 5.41) is 16.7. The number of aromatic amines is 1. The predicted molar refractivity (Wildman–Crippen MR) is 122 cm³/mol. The number of aliphatic carboxylic acids is 1. The summed E-state index contributed by atoms with van der Waals surface area (Å²) in [6.45, 7) is 7.08. The van der Waals surface area contributed by atoms with Gasteiger partial charge in [0.25, 0.3) is 0 Å². The molecule has 1 aromatic heterocycles. The van der Waals surface area contributed by atoms with Gasteiger partial charge in [0.2, 0.25) is 23.6 Å². The highest BCUT2D eigenvalue weighted by molar-refractivity contribution is 5.95. The molecule has 0 radical (unpaired) electrons. The minimum absolute atomic E-state index is 0.0367. The molecule has 13 nitrogen and oxygen atoms in total. The Morgan fingerprint density at radius 1 is 1.00 bits per heavy atom. The molecule has 190 valence electrons. The summed E-state index contributed by atoms with van der Waals surface area (Å²) >= 11 is 0. The average Bonchev–Trinajstić information content (AvgIpc) is 3.22. The number of H-pyrrole nitrogens is 1. The van der Waals surface area contributed by atoms with Gasteiger partial charge in [0.05, 0.1) is 18.8 Å². The van der Waals surface area contributed by atoms with Crippen molar-refractivity contribution < 1.29 is 29.1 Å². The number of hydrogen-bond acceptors (Lipinski definition) is 7. The molecule has 0 aliphatic rings. The van der Waals surface area contributed by atoms with E-state index < -0.39 is 60.2 Å².